The van der Waals surface area contributed by atoms with Gasteiger partial charge in [0.15, 0.2) is 0 Å². The van der Waals surface area contributed by atoms with E-state index in [1.807, 2.05) is 0 Å². The van der Waals surface area contributed by atoms with Gasteiger partial charge in [-0.05, 0) is 24.6 Å². The van der Waals surface area contributed by atoms with Crippen molar-refractivity contribution in [1.82, 2.24) is 10.2 Å². The number of aromatic hydroxyl groups is 1. The molecular formula is C14H20ClFN2O. The van der Waals surface area contributed by atoms with Gasteiger partial charge in [0.1, 0.15) is 11.6 Å². The van der Waals surface area contributed by atoms with E-state index in [1.165, 1.54) is 12.1 Å². The average Bonchev–Trinajstić information content (AvgIpc) is 2.37. The first-order valence-corrected chi connectivity index (χ1v) is 6.20. The van der Waals surface area contributed by atoms with Crippen LogP contribution in [0.1, 0.15) is 17.2 Å². The normalized spacial score (nSPS) is 17.6. The number of nitrogens with one attached hydrogen (secondary N) is 1. The van der Waals surface area contributed by atoms with Crippen LogP contribution in [-0.2, 0) is 0 Å². The number of rotatable bonds is 3. The fraction of sp³-hybridized carbons (Fsp3) is 0.429. The van der Waals surface area contributed by atoms with E-state index in [9.17, 15) is 9.50 Å². The molecule has 1 aliphatic heterocycles. The van der Waals surface area contributed by atoms with Gasteiger partial charge < -0.3 is 10.4 Å². The molecule has 0 saturated carbocycles. The average molecular weight is 287 g/mol. The molecule has 1 fully saturated rings. The summed E-state index contributed by atoms with van der Waals surface area (Å²) in [6.07, 6.45) is 1.76. The molecule has 1 aliphatic rings. The molecule has 1 aromatic carbocycles. The van der Waals surface area contributed by atoms with E-state index in [0.717, 1.165) is 26.2 Å². The number of phenols is 1. The molecule has 5 heteroatoms. The third-order valence-electron chi connectivity index (χ3n) is 3.38. The number of hydrogen-bond donors (Lipinski definition) is 2. The number of aryl methyl sites for hydroxylation is 1. The molecule has 3 nitrogen and oxygen atoms in total. The lowest BCUT2D eigenvalue weighted by Crippen LogP contribution is -2.44. The van der Waals surface area contributed by atoms with Gasteiger partial charge >= 0.3 is 0 Å². The standard InChI is InChI=1S/C14H19FN2O.ClH/c1-3-13(17-6-4-16-5-7-17)12-9-11(15)8-10(2)14(12)18;/h3,8-9,13,16,18H,1,4-7H2,2H3;1H/t13-;/m1./s1. The SMILES string of the molecule is C=C[C@H](c1cc(F)cc(C)c1O)N1CCNCC1.Cl. The Morgan fingerprint density at radius 1 is 1.42 bits per heavy atom. The number of phenolic OH excluding ortho intramolecular Hbond substituents is 1. The van der Waals surface area contributed by atoms with Crippen LogP contribution in [-0.4, -0.2) is 36.2 Å². The quantitative estimate of drug-likeness (QED) is 0.838. The highest BCUT2D eigenvalue weighted by atomic mass is 35.5. The van der Waals surface area contributed by atoms with Gasteiger partial charge in [-0.3, -0.25) is 4.90 Å². The molecule has 0 aromatic heterocycles. The minimum absolute atomic E-state index is 0. The van der Waals surface area contributed by atoms with Gasteiger partial charge in [-0.25, -0.2) is 4.39 Å². The molecule has 0 bridgehead atoms. The Bertz CT molecular complexity index is 447. The minimum atomic E-state index is -0.317. The van der Waals surface area contributed by atoms with Gasteiger partial charge in [0.25, 0.3) is 0 Å². The summed E-state index contributed by atoms with van der Waals surface area (Å²) >= 11 is 0. The van der Waals surface area contributed by atoms with Crippen LogP contribution in [0.3, 0.4) is 0 Å². The van der Waals surface area contributed by atoms with Crippen molar-refractivity contribution < 1.29 is 9.50 Å². The number of halogens is 2. The minimum Gasteiger partial charge on any atom is -0.507 e. The van der Waals surface area contributed by atoms with Gasteiger partial charge in [0.05, 0.1) is 6.04 Å². The molecule has 1 saturated heterocycles. The molecular weight excluding hydrogens is 267 g/mol. The Balaban J connectivity index is 0.00000180. The van der Waals surface area contributed by atoms with Crippen LogP contribution in [0.2, 0.25) is 0 Å². The van der Waals surface area contributed by atoms with E-state index < -0.39 is 0 Å². The maximum absolute atomic E-state index is 13.5. The summed E-state index contributed by atoms with van der Waals surface area (Å²) in [6, 6.07) is 2.61. The third-order valence-corrected chi connectivity index (χ3v) is 3.38. The highest BCUT2D eigenvalue weighted by Crippen LogP contribution is 2.33. The lowest BCUT2D eigenvalue weighted by molar-refractivity contribution is 0.200. The van der Waals surface area contributed by atoms with Gasteiger partial charge in [0.2, 0.25) is 0 Å². The van der Waals surface area contributed by atoms with Gasteiger partial charge in [0, 0.05) is 31.7 Å². The van der Waals surface area contributed by atoms with Crippen molar-refractivity contribution in [3.8, 4) is 5.75 Å². The van der Waals surface area contributed by atoms with Crippen LogP contribution in [0, 0.1) is 12.7 Å². The van der Waals surface area contributed by atoms with E-state index in [2.05, 4.69) is 16.8 Å². The lowest BCUT2D eigenvalue weighted by atomic mass is 10.0. The highest BCUT2D eigenvalue weighted by molar-refractivity contribution is 5.85. The number of benzene rings is 1. The first kappa shape index (κ1) is 16.0. The van der Waals surface area contributed by atoms with Crippen LogP contribution in [0.4, 0.5) is 4.39 Å². The Hall–Kier alpha value is -1.10. The van der Waals surface area contributed by atoms with E-state index in [1.54, 1.807) is 13.0 Å². The van der Waals surface area contributed by atoms with Gasteiger partial charge in [-0.2, -0.15) is 0 Å². The molecule has 106 valence electrons. The molecule has 19 heavy (non-hydrogen) atoms. The Labute approximate surface area is 119 Å². The number of nitrogens with zero attached hydrogens (tertiary/aromatic N) is 1. The first-order chi connectivity index (χ1) is 8.63. The van der Waals surface area contributed by atoms with Crippen molar-refractivity contribution in [3.63, 3.8) is 0 Å². The fourth-order valence-electron chi connectivity index (χ4n) is 2.42. The van der Waals surface area contributed by atoms with Gasteiger partial charge in [-0.1, -0.05) is 6.08 Å². The summed E-state index contributed by atoms with van der Waals surface area (Å²) in [4.78, 5) is 2.19. The van der Waals surface area contributed by atoms with E-state index in [0.29, 0.717) is 11.1 Å². The summed E-state index contributed by atoms with van der Waals surface area (Å²) in [5.41, 5.74) is 1.16. The summed E-state index contributed by atoms with van der Waals surface area (Å²) < 4.78 is 13.5. The summed E-state index contributed by atoms with van der Waals surface area (Å²) in [5.74, 6) is -0.151. The summed E-state index contributed by atoms with van der Waals surface area (Å²) in [6.45, 7) is 9.06. The zero-order chi connectivity index (χ0) is 13.1. The van der Waals surface area contributed by atoms with Crippen molar-refractivity contribution in [1.29, 1.82) is 0 Å². The smallest absolute Gasteiger partial charge is 0.124 e. The molecule has 0 radical (unpaired) electrons. The molecule has 0 amide bonds. The zero-order valence-electron chi connectivity index (χ0n) is 11.0. The monoisotopic (exact) mass is 286 g/mol. The van der Waals surface area contributed by atoms with Crippen LogP contribution >= 0.6 is 12.4 Å². The second-order valence-electron chi connectivity index (χ2n) is 4.63. The maximum Gasteiger partial charge on any atom is 0.124 e. The maximum atomic E-state index is 13.5. The molecule has 1 atom stereocenters. The van der Waals surface area contributed by atoms with Crippen molar-refractivity contribution in [2.24, 2.45) is 0 Å². The Morgan fingerprint density at radius 3 is 2.63 bits per heavy atom. The molecule has 0 unspecified atom stereocenters. The fourth-order valence-corrected chi connectivity index (χ4v) is 2.42. The van der Waals surface area contributed by atoms with Crippen LogP contribution in [0.5, 0.6) is 5.75 Å². The van der Waals surface area contributed by atoms with Crippen molar-refractivity contribution in [2.45, 2.75) is 13.0 Å². The molecule has 0 aliphatic carbocycles. The van der Waals surface area contributed by atoms with Crippen LogP contribution in [0.15, 0.2) is 24.8 Å². The second-order valence-corrected chi connectivity index (χ2v) is 4.63. The topological polar surface area (TPSA) is 35.5 Å². The Morgan fingerprint density at radius 2 is 2.05 bits per heavy atom. The third kappa shape index (κ3) is 3.47. The molecule has 2 rings (SSSR count). The summed E-state index contributed by atoms with van der Waals surface area (Å²) in [7, 11) is 0. The highest BCUT2D eigenvalue weighted by Gasteiger charge is 2.23. The van der Waals surface area contributed by atoms with Crippen molar-refractivity contribution in [2.75, 3.05) is 26.2 Å². The lowest BCUT2D eigenvalue weighted by Gasteiger charge is -2.33. The first-order valence-electron chi connectivity index (χ1n) is 6.20. The number of hydrogen-bond acceptors (Lipinski definition) is 3. The van der Waals surface area contributed by atoms with Crippen LogP contribution in [0.25, 0.3) is 0 Å². The van der Waals surface area contributed by atoms with E-state index in [-0.39, 0.29) is 30.0 Å². The molecule has 0 spiro atoms. The Kier molecular flexibility index (Phi) is 5.79. The summed E-state index contributed by atoms with van der Waals surface area (Å²) in [5, 5.41) is 13.4. The molecule has 1 aromatic rings. The van der Waals surface area contributed by atoms with E-state index in [4.69, 9.17) is 0 Å². The van der Waals surface area contributed by atoms with Gasteiger partial charge in [-0.15, -0.1) is 19.0 Å². The van der Waals surface area contributed by atoms with Crippen molar-refractivity contribution in [3.05, 3.63) is 41.7 Å². The largest absolute Gasteiger partial charge is 0.507 e. The predicted octanol–water partition coefficient (Wildman–Crippen LogP) is 2.39. The van der Waals surface area contributed by atoms with Crippen LogP contribution < -0.4 is 5.32 Å². The molecule has 2 N–H and O–H groups in total. The molecule has 1 heterocycles. The zero-order valence-corrected chi connectivity index (χ0v) is 11.8. The van der Waals surface area contributed by atoms with E-state index >= 15 is 0 Å². The predicted molar refractivity (Wildman–Crippen MR) is 77.4 cm³/mol. The van der Waals surface area contributed by atoms with Crippen molar-refractivity contribution >= 4 is 12.4 Å². The number of piperazine rings is 1. The second kappa shape index (κ2) is 6.89.